The molecule has 0 unspecified atom stereocenters. The van der Waals surface area contributed by atoms with Crippen molar-refractivity contribution in [3.05, 3.63) is 60.3 Å². The second-order valence-electron chi connectivity index (χ2n) is 5.86. The number of H-pyrrole nitrogens is 1. The van der Waals surface area contributed by atoms with E-state index in [-0.39, 0.29) is 29.8 Å². The summed E-state index contributed by atoms with van der Waals surface area (Å²) in [5, 5.41) is 7.66. The fourth-order valence-electron chi connectivity index (χ4n) is 2.82. The molecule has 2 aromatic heterocycles. The molecule has 0 saturated heterocycles. The number of fused-ring (bicyclic) bond motifs is 1. The molecule has 3 N–H and O–H groups in total. The first-order valence-corrected chi connectivity index (χ1v) is 8.64. The van der Waals surface area contributed by atoms with Gasteiger partial charge in [0.2, 0.25) is 0 Å². The molecular formula is C19H25FIN5. The number of aromatic nitrogens is 2. The molecule has 1 aromatic carbocycles. The summed E-state index contributed by atoms with van der Waals surface area (Å²) in [6.07, 6.45) is 6.84. The SMILES string of the molecule is CCNC(=NCCc1c[nH]c2cc(F)ccc12)NCCn1cccc1.I. The van der Waals surface area contributed by atoms with Crippen molar-refractivity contribution in [3.63, 3.8) is 0 Å². The van der Waals surface area contributed by atoms with Gasteiger partial charge in [0.25, 0.3) is 0 Å². The van der Waals surface area contributed by atoms with E-state index in [0.717, 1.165) is 48.5 Å². The molecule has 0 spiro atoms. The van der Waals surface area contributed by atoms with Gasteiger partial charge in [-0.3, -0.25) is 4.99 Å². The summed E-state index contributed by atoms with van der Waals surface area (Å²) >= 11 is 0. The third-order valence-corrected chi connectivity index (χ3v) is 4.05. The highest BCUT2D eigenvalue weighted by molar-refractivity contribution is 14.0. The minimum Gasteiger partial charge on any atom is -0.361 e. The number of hydrogen-bond donors (Lipinski definition) is 3. The highest BCUT2D eigenvalue weighted by atomic mass is 127. The second-order valence-corrected chi connectivity index (χ2v) is 5.86. The predicted molar refractivity (Wildman–Crippen MR) is 116 cm³/mol. The topological polar surface area (TPSA) is 57.1 Å². The van der Waals surface area contributed by atoms with Crippen molar-refractivity contribution in [1.29, 1.82) is 0 Å². The Labute approximate surface area is 170 Å². The van der Waals surface area contributed by atoms with Crippen molar-refractivity contribution in [2.75, 3.05) is 19.6 Å². The van der Waals surface area contributed by atoms with E-state index in [2.05, 4.69) is 32.1 Å². The number of nitrogens with one attached hydrogen (secondary N) is 3. The van der Waals surface area contributed by atoms with Gasteiger partial charge in [-0.2, -0.15) is 0 Å². The van der Waals surface area contributed by atoms with Crippen LogP contribution in [0.4, 0.5) is 4.39 Å². The first-order valence-electron chi connectivity index (χ1n) is 8.64. The third kappa shape index (κ3) is 5.48. The standard InChI is InChI=1S/C19H24FN5.HI/c1-2-21-19(23-9-12-25-10-3-4-11-25)22-8-7-15-14-24-18-13-16(20)5-6-17(15)18;/h3-6,10-11,13-14,24H,2,7-9,12H2,1H3,(H2,21,22,23);1H. The Kier molecular flexibility index (Phi) is 7.96. The minimum atomic E-state index is -0.222. The van der Waals surface area contributed by atoms with Crippen molar-refractivity contribution in [1.82, 2.24) is 20.2 Å². The summed E-state index contributed by atoms with van der Waals surface area (Å²) in [5.41, 5.74) is 1.98. The number of rotatable bonds is 7. The largest absolute Gasteiger partial charge is 0.361 e. The normalized spacial score (nSPS) is 11.4. The lowest BCUT2D eigenvalue weighted by Crippen LogP contribution is -2.39. The summed E-state index contributed by atoms with van der Waals surface area (Å²) in [6.45, 7) is 5.25. The monoisotopic (exact) mass is 469 g/mol. The zero-order valence-electron chi connectivity index (χ0n) is 14.8. The molecule has 0 amide bonds. The van der Waals surface area contributed by atoms with Crippen LogP contribution in [0.2, 0.25) is 0 Å². The Morgan fingerprint density at radius 1 is 1.23 bits per heavy atom. The molecule has 7 heteroatoms. The van der Waals surface area contributed by atoms with Gasteiger partial charge in [0.15, 0.2) is 5.96 Å². The number of hydrogen-bond acceptors (Lipinski definition) is 1. The van der Waals surface area contributed by atoms with Gasteiger partial charge in [-0.25, -0.2) is 4.39 Å². The van der Waals surface area contributed by atoms with Crippen LogP contribution >= 0.6 is 24.0 Å². The lowest BCUT2D eigenvalue weighted by atomic mass is 10.1. The Balaban J connectivity index is 0.00000243. The zero-order chi connectivity index (χ0) is 17.5. The van der Waals surface area contributed by atoms with Gasteiger partial charge in [-0.15, -0.1) is 24.0 Å². The smallest absolute Gasteiger partial charge is 0.191 e. The molecule has 0 aliphatic rings. The van der Waals surface area contributed by atoms with Crippen LogP contribution in [0, 0.1) is 5.82 Å². The maximum atomic E-state index is 13.2. The lowest BCUT2D eigenvalue weighted by molar-refractivity contribution is 0.629. The molecule has 5 nitrogen and oxygen atoms in total. The van der Waals surface area contributed by atoms with Crippen LogP contribution < -0.4 is 10.6 Å². The highest BCUT2D eigenvalue weighted by Gasteiger charge is 2.04. The van der Waals surface area contributed by atoms with Gasteiger partial charge < -0.3 is 20.2 Å². The van der Waals surface area contributed by atoms with Crippen LogP contribution in [0.25, 0.3) is 10.9 Å². The molecular weight excluding hydrogens is 444 g/mol. The van der Waals surface area contributed by atoms with E-state index < -0.39 is 0 Å². The van der Waals surface area contributed by atoms with Crippen LogP contribution in [0.1, 0.15) is 12.5 Å². The average Bonchev–Trinajstić information content (AvgIpc) is 3.24. The maximum Gasteiger partial charge on any atom is 0.191 e. The van der Waals surface area contributed by atoms with Crippen LogP contribution in [0.5, 0.6) is 0 Å². The first-order chi connectivity index (χ1) is 12.3. The summed E-state index contributed by atoms with van der Waals surface area (Å²) in [5.74, 6) is 0.598. The Morgan fingerprint density at radius 2 is 2.04 bits per heavy atom. The van der Waals surface area contributed by atoms with Gasteiger partial charge in [0, 0.05) is 55.7 Å². The molecule has 0 atom stereocenters. The molecule has 3 aromatic rings. The van der Waals surface area contributed by atoms with Gasteiger partial charge in [0.1, 0.15) is 5.82 Å². The first kappa shape index (κ1) is 20.3. The van der Waals surface area contributed by atoms with Crippen molar-refractivity contribution in [3.8, 4) is 0 Å². The van der Waals surface area contributed by atoms with Crippen LogP contribution in [0.3, 0.4) is 0 Å². The van der Waals surface area contributed by atoms with E-state index in [1.54, 1.807) is 0 Å². The molecule has 0 fully saturated rings. The predicted octanol–water partition coefficient (Wildman–Crippen LogP) is 3.52. The molecule has 2 heterocycles. The number of aliphatic imine (C=N–C) groups is 1. The van der Waals surface area contributed by atoms with Gasteiger partial charge in [0.05, 0.1) is 0 Å². The van der Waals surface area contributed by atoms with Crippen LogP contribution in [0.15, 0.2) is 53.9 Å². The average molecular weight is 469 g/mol. The van der Waals surface area contributed by atoms with E-state index in [4.69, 9.17) is 0 Å². The molecule has 140 valence electrons. The third-order valence-electron chi connectivity index (χ3n) is 4.05. The summed E-state index contributed by atoms with van der Waals surface area (Å²) in [6, 6.07) is 8.88. The number of benzene rings is 1. The highest BCUT2D eigenvalue weighted by Crippen LogP contribution is 2.19. The Morgan fingerprint density at radius 3 is 2.81 bits per heavy atom. The fraction of sp³-hybridized carbons (Fsp3) is 0.316. The van der Waals surface area contributed by atoms with Crippen molar-refractivity contribution in [2.24, 2.45) is 4.99 Å². The van der Waals surface area contributed by atoms with Crippen molar-refractivity contribution >= 4 is 40.8 Å². The van der Waals surface area contributed by atoms with Gasteiger partial charge in [-0.1, -0.05) is 0 Å². The van der Waals surface area contributed by atoms with Crippen LogP contribution in [-0.2, 0) is 13.0 Å². The molecule has 0 radical (unpaired) electrons. The number of guanidine groups is 1. The van der Waals surface area contributed by atoms with Crippen molar-refractivity contribution in [2.45, 2.75) is 19.9 Å². The zero-order valence-corrected chi connectivity index (χ0v) is 17.2. The summed E-state index contributed by atoms with van der Waals surface area (Å²) in [4.78, 5) is 7.75. The number of nitrogens with zero attached hydrogens (tertiary/aromatic N) is 2. The molecule has 0 aliphatic heterocycles. The second kappa shape index (κ2) is 10.2. The summed E-state index contributed by atoms with van der Waals surface area (Å²) < 4.78 is 15.4. The molecule has 0 bridgehead atoms. The molecule has 26 heavy (non-hydrogen) atoms. The molecule has 3 rings (SSSR count). The van der Waals surface area contributed by atoms with E-state index in [1.165, 1.54) is 12.1 Å². The number of halogens is 2. The Hall–Kier alpha value is -2.03. The van der Waals surface area contributed by atoms with Gasteiger partial charge >= 0.3 is 0 Å². The Bertz CT molecular complexity index is 826. The molecule has 0 aliphatic carbocycles. The quantitative estimate of drug-likeness (QED) is 0.282. The van der Waals surface area contributed by atoms with Gasteiger partial charge in [-0.05, 0) is 49.2 Å². The van der Waals surface area contributed by atoms with E-state index in [0.29, 0.717) is 6.54 Å². The summed E-state index contributed by atoms with van der Waals surface area (Å²) in [7, 11) is 0. The fourth-order valence-corrected chi connectivity index (χ4v) is 2.82. The number of aromatic amines is 1. The van der Waals surface area contributed by atoms with Crippen LogP contribution in [-0.4, -0.2) is 35.1 Å². The van der Waals surface area contributed by atoms with Crippen molar-refractivity contribution < 1.29 is 4.39 Å². The minimum absolute atomic E-state index is 0. The molecule has 0 saturated carbocycles. The lowest BCUT2D eigenvalue weighted by Gasteiger charge is -2.11. The van der Waals surface area contributed by atoms with E-state index >= 15 is 0 Å². The maximum absolute atomic E-state index is 13.2. The van der Waals surface area contributed by atoms with E-state index in [9.17, 15) is 4.39 Å². The van der Waals surface area contributed by atoms with E-state index in [1.807, 2.05) is 36.8 Å².